The lowest BCUT2D eigenvalue weighted by molar-refractivity contribution is 0.0988. The van der Waals surface area contributed by atoms with Crippen LogP contribution in [0.15, 0.2) is 43.0 Å². The molecule has 0 spiro atoms. The average molecular weight is 438 g/mol. The lowest BCUT2D eigenvalue weighted by Gasteiger charge is -2.18. The van der Waals surface area contributed by atoms with Gasteiger partial charge in [0.05, 0.1) is 0 Å². The van der Waals surface area contributed by atoms with Crippen LogP contribution in [-0.2, 0) is 0 Å². The van der Waals surface area contributed by atoms with Crippen molar-refractivity contribution in [2.24, 2.45) is 0 Å². The van der Waals surface area contributed by atoms with Gasteiger partial charge in [-0.2, -0.15) is 0 Å². The zero-order chi connectivity index (χ0) is 21.4. The Morgan fingerprint density at radius 2 is 2.00 bits per heavy atom. The number of fused-ring (bicyclic) bond motifs is 1. The number of pyridine rings is 1. The number of nitrogens with one attached hydrogen (secondary N) is 1. The first kappa shape index (κ1) is 23.3. The smallest absolute Gasteiger partial charge is 0.258 e. The summed E-state index contributed by atoms with van der Waals surface area (Å²) >= 11 is 11.7. The molecule has 0 radical (unpaired) electrons. The average Bonchev–Trinajstić information content (AvgIpc) is 3.05. The van der Waals surface area contributed by atoms with Crippen LogP contribution in [0.4, 0.5) is 10.1 Å². The summed E-state index contributed by atoms with van der Waals surface area (Å²) < 4.78 is 13.5. The molecular formula is C22H26Cl2FN3O. The molecule has 29 heavy (non-hydrogen) atoms. The summed E-state index contributed by atoms with van der Waals surface area (Å²) in [4.78, 5) is 18.2. The van der Waals surface area contributed by atoms with Crippen molar-refractivity contribution in [1.29, 1.82) is 0 Å². The van der Waals surface area contributed by atoms with E-state index in [0.29, 0.717) is 12.1 Å². The fourth-order valence-electron chi connectivity index (χ4n) is 3.18. The van der Waals surface area contributed by atoms with E-state index in [1.165, 1.54) is 30.7 Å². The van der Waals surface area contributed by atoms with Crippen LogP contribution in [-0.4, -0.2) is 30.5 Å². The summed E-state index contributed by atoms with van der Waals surface area (Å²) in [5, 5.41) is 3.50. The molecule has 1 aliphatic rings. The Labute approximate surface area is 181 Å². The highest BCUT2D eigenvalue weighted by atomic mass is 35.5. The number of aromatic nitrogens is 1. The molecule has 3 rings (SSSR count). The number of hydrogen-bond donors (Lipinski definition) is 1. The molecule has 1 N–H and O–H groups in total. The van der Waals surface area contributed by atoms with Crippen molar-refractivity contribution < 1.29 is 9.18 Å². The van der Waals surface area contributed by atoms with Crippen LogP contribution in [0, 0.1) is 5.82 Å². The molecule has 0 bridgehead atoms. The summed E-state index contributed by atoms with van der Waals surface area (Å²) in [6, 6.07) is 7.48. The summed E-state index contributed by atoms with van der Waals surface area (Å²) in [6.07, 6.45) is 3.90. The number of carbonyl (C=O) groups is 1. The Morgan fingerprint density at radius 3 is 2.59 bits per heavy atom. The number of amides is 1. The van der Waals surface area contributed by atoms with Crippen molar-refractivity contribution in [3.05, 3.63) is 70.2 Å². The van der Waals surface area contributed by atoms with Gasteiger partial charge >= 0.3 is 0 Å². The second-order valence-corrected chi connectivity index (χ2v) is 7.49. The number of hydrogen-bond acceptors (Lipinski definition) is 3. The highest BCUT2D eigenvalue weighted by Crippen LogP contribution is 2.39. The fraction of sp³-hybridized carbons (Fsp3) is 0.364. The second kappa shape index (κ2) is 11.3. The predicted octanol–water partition coefficient (Wildman–Crippen LogP) is 5.85. The minimum atomic E-state index is -0.290. The van der Waals surface area contributed by atoms with Crippen LogP contribution in [0.2, 0.25) is 10.3 Å². The van der Waals surface area contributed by atoms with E-state index in [-0.39, 0.29) is 27.9 Å². The molecule has 1 atom stereocenters. The van der Waals surface area contributed by atoms with Crippen molar-refractivity contribution in [3.63, 3.8) is 0 Å². The maximum atomic E-state index is 13.5. The largest absolute Gasteiger partial charge is 0.313 e. The Morgan fingerprint density at radius 1 is 1.31 bits per heavy atom. The van der Waals surface area contributed by atoms with E-state index in [0.717, 1.165) is 30.8 Å². The van der Waals surface area contributed by atoms with Gasteiger partial charge in [0.1, 0.15) is 16.1 Å². The number of carbonyl (C=O) groups excluding carboxylic acids is 1. The third-order valence-corrected chi connectivity index (χ3v) is 4.97. The fourth-order valence-corrected chi connectivity index (χ4v) is 3.64. The topological polar surface area (TPSA) is 45.2 Å². The molecule has 0 saturated heterocycles. The minimum Gasteiger partial charge on any atom is -0.313 e. The molecule has 0 saturated carbocycles. The van der Waals surface area contributed by atoms with Gasteiger partial charge < -0.3 is 10.2 Å². The molecule has 4 nitrogen and oxygen atoms in total. The normalized spacial score (nSPS) is 14.8. The van der Waals surface area contributed by atoms with E-state index >= 15 is 0 Å². The van der Waals surface area contributed by atoms with Gasteiger partial charge in [0.25, 0.3) is 5.91 Å². The van der Waals surface area contributed by atoms with E-state index in [4.69, 9.17) is 23.2 Å². The van der Waals surface area contributed by atoms with Gasteiger partial charge in [0, 0.05) is 30.3 Å². The quantitative estimate of drug-likeness (QED) is 0.350. The molecule has 2 aromatic rings. The third kappa shape index (κ3) is 6.26. The van der Waals surface area contributed by atoms with E-state index in [9.17, 15) is 9.18 Å². The first-order valence-electron chi connectivity index (χ1n) is 9.67. The number of rotatable bonds is 6. The van der Waals surface area contributed by atoms with Gasteiger partial charge in [0.15, 0.2) is 0 Å². The Bertz CT molecular complexity index is 840. The van der Waals surface area contributed by atoms with Gasteiger partial charge in [-0.05, 0) is 55.3 Å². The first-order chi connectivity index (χ1) is 13.9. The van der Waals surface area contributed by atoms with Crippen LogP contribution in [0.5, 0.6) is 0 Å². The number of halogens is 3. The van der Waals surface area contributed by atoms with Crippen molar-refractivity contribution in [1.82, 2.24) is 10.3 Å². The number of benzene rings is 1. The maximum absolute atomic E-state index is 13.5. The number of anilines is 1. The Kier molecular flexibility index (Phi) is 9.08. The molecule has 0 aliphatic carbocycles. The van der Waals surface area contributed by atoms with Crippen LogP contribution < -0.4 is 10.2 Å². The van der Waals surface area contributed by atoms with Crippen molar-refractivity contribution in [2.75, 3.05) is 24.5 Å². The molecule has 1 aromatic carbocycles. The van der Waals surface area contributed by atoms with Crippen LogP contribution in [0.25, 0.3) is 0 Å². The summed E-state index contributed by atoms with van der Waals surface area (Å²) in [6.45, 7) is 10.3. The first-order valence-corrected chi connectivity index (χ1v) is 10.4. The lowest BCUT2D eigenvalue weighted by atomic mass is 9.99. The van der Waals surface area contributed by atoms with Crippen LogP contribution in [0.3, 0.4) is 0 Å². The summed E-state index contributed by atoms with van der Waals surface area (Å²) in [5.41, 5.74) is 1.97. The van der Waals surface area contributed by atoms with Gasteiger partial charge in [-0.25, -0.2) is 9.37 Å². The second-order valence-electron chi connectivity index (χ2n) is 6.72. The van der Waals surface area contributed by atoms with Gasteiger partial charge in [-0.1, -0.05) is 43.1 Å². The summed E-state index contributed by atoms with van der Waals surface area (Å²) in [5.74, 6) is -0.376. The molecule has 0 fully saturated rings. The van der Waals surface area contributed by atoms with E-state index in [2.05, 4.69) is 23.8 Å². The predicted molar refractivity (Wildman–Crippen MR) is 119 cm³/mol. The lowest BCUT2D eigenvalue weighted by Crippen LogP contribution is -2.29. The van der Waals surface area contributed by atoms with Crippen molar-refractivity contribution in [2.45, 2.75) is 32.6 Å². The van der Waals surface area contributed by atoms with E-state index < -0.39 is 0 Å². The zero-order valence-electron chi connectivity index (χ0n) is 16.7. The molecule has 1 amide bonds. The molecule has 1 unspecified atom stereocenters. The SMILES string of the molecule is C=CCNCCC.CCC1CN(C(=O)c2cc(Cl)nc(Cl)c2)c2ccc(F)cc21. The molecule has 7 heteroatoms. The summed E-state index contributed by atoms with van der Waals surface area (Å²) in [7, 11) is 0. The minimum absolute atomic E-state index is 0.127. The molecule has 2 heterocycles. The van der Waals surface area contributed by atoms with Crippen molar-refractivity contribution in [3.8, 4) is 0 Å². The van der Waals surface area contributed by atoms with E-state index in [1.807, 2.05) is 13.0 Å². The Balaban J connectivity index is 0.000000370. The number of nitrogens with zero attached hydrogens (tertiary/aromatic N) is 2. The molecule has 1 aliphatic heterocycles. The molecule has 156 valence electrons. The van der Waals surface area contributed by atoms with Gasteiger partial charge in [0.2, 0.25) is 0 Å². The van der Waals surface area contributed by atoms with Crippen LogP contribution in [0.1, 0.15) is 48.5 Å². The van der Waals surface area contributed by atoms with E-state index in [1.54, 1.807) is 11.0 Å². The van der Waals surface area contributed by atoms with Gasteiger partial charge in [-0.3, -0.25) is 4.79 Å². The maximum Gasteiger partial charge on any atom is 0.258 e. The molecule has 1 aromatic heterocycles. The van der Waals surface area contributed by atoms with Crippen molar-refractivity contribution >= 4 is 34.8 Å². The highest BCUT2D eigenvalue weighted by molar-refractivity contribution is 6.33. The highest BCUT2D eigenvalue weighted by Gasteiger charge is 2.32. The van der Waals surface area contributed by atoms with Gasteiger partial charge in [-0.15, -0.1) is 6.58 Å². The zero-order valence-corrected chi connectivity index (χ0v) is 18.2. The Hall–Kier alpha value is -1.95. The monoisotopic (exact) mass is 437 g/mol. The molecular weight excluding hydrogens is 412 g/mol. The van der Waals surface area contributed by atoms with Crippen LogP contribution >= 0.6 is 23.2 Å². The standard InChI is InChI=1S/C16H13Cl2FN2O.C6H13N/c1-2-9-8-21(13-4-3-11(19)7-12(9)13)16(22)10-5-14(17)20-15(18)6-10;1-3-5-7-6-4-2/h3-7,9H,2,8H2,1H3;3,7H,1,4-6H2,2H3. The third-order valence-electron chi connectivity index (χ3n) is 4.59.